The van der Waals surface area contributed by atoms with Crippen molar-refractivity contribution in [2.24, 2.45) is 0 Å². The number of hydrogen-bond acceptors (Lipinski definition) is 1. The molecule has 0 amide bonds. The van der Waals surface area contributed by atoms with Gasteiger partial charge in [-0.25, -0.2) is 0 Å². The second kappa shape index (κ2) is 6.67. The SMILES string of the molecule is [NaH].c1ccc(COc2ccccc2)cc1. The molecule has 0 aliphatic rings. The van der Waals surface area contributed by atoms with Gasteiger partial charge in [0.1, 0.15) is 12.4 Å². The van der Waals surface area contributed by atoms with Crippen molar-refractivity contribution in [1.82, 2.24) is 0 Å². The Morgan fingerprint density at radius 2 is 1.27 bits per heavy atom. The fourth-order valence-corrected chi connectivity index (χ4v) is 1.26. The molecule has 0 atom stereocenters. The molecule has 0 spiro atoms. The molecule has 0 N–H and O–H groups in total. The van der Waals surface area contributed by atoms with Crippen LogP contribution in [0.2, 0.25) is 0 Å². The van der Waals surface area contributed by atoms with E-state index in [4.69, 9.17) is 4.74 Å². The molecule has 72 valence electrons. The van der Waals surface area contributed by atoms with Crippen LogP contribution in [0.25, 0.3) is 0 Å². The molecule has 0 heterocycles. The van der Waals surface area contributed by atoms with Crippen LogP contribution in [0.1, 0.15) is 5.56 Å². The molecule has 0 aliphatic heterocycles. The molecule has 0 fully saturated rings. The predicted octanol–water partition coefficient (Wildman–Crippen LogP) is 2.62. The Hall–Kier alpha value is -0.760. The van der Waals surface area contributed by atoms with Crippen LogP contribution in [-0.4, -0.2) is 29.6 Å². The molecule has 15 heavy (non-hydrogen) atoms. The first-order chi connectivity index (χ1) is 6.95. The minimum absolute atomic E-state index is 0. The van der Waals surface area contributed by atoms with Crippen molar-refractivity contribution in [2.75, 3.05) is 0 Å². The van der Waals surface area contributed by atoms with Gasteiger partial charge in [-0.3, -0.25) is 0 Å². The standard InChI is InChI=1S/C13H12O.Na.H/c1-3-7-12(8-4-1)11-14-13-9-5-2-6-10-13;;/h1-10H,11H2;;. The largest absolute Gasteiger partial charge is 0.489 e. The summed E-state index contributed by atoms with van der Waals surface area (Å²) in [5.74, 6) is 0.913. The van der Waals surface area contributed by atoms with Crippen LogP contribution in [0.4, 0.5) is 0 Å². The average molecular weight is 208 g/mol. The van der Waals surface area contributed by atoms with Gasteiger partial charge in [-0.2, -0.15) is 0 Å². The predicted molar refractivity (Wildman–Crippen MR) is 64.4 cm³/mol. The van der Waals surface area contributed by atoms with Crippen molar-refractivity contribution in [3.63, 3.8) is 0 Å². The van der Waals surface area contributed by atoms with E-state index < -0.39 is 0 Å². The molecule has 2 aromatic rings. The molecule has 2 aromatic carbocycles. The number of rotatable bonds is 3. The Morgan fingerprint density at radius 3 is 1.87 bits per heavy atom. The third-order valence-corrected chi connectivity index (χ3v) is 1.99. The summed E-state index contributed by atoms with van der Waals surface area (Å²) in [5, 5.41) is 0. The molecule has 0 radical (unpaired) electrons. The number of ether oxygens (including phenoxy) is 1. The molecule has 0 aromatic heterocycles. The second-order valence-electron chi connectivity index (χ2n) is 3.09. The molecule has 0 saturated heterocycles. The topological polar surface area (TPSA) is 9.23 Å². The summed E-state index contributed by atoms with van der Waals surface area (Å²) in [5.41, 5.74) is 1.19. The zero-order valence-electron chi connectivity index (χ0n) is 7.89. The van der Waals surface area contributed by atoms with Crippen molar-refractivity contribution in [2.45, 2.75) is 6.61 Å². The Kier molecular flexibility index (Phi) is 5.48. The van der Waals surface area contributed by atoms with Crippen molar-refractivity contribution in [3.05, 3.63) is 66.2 Å². The fourth-order valence-electron chi connectivity index (χ4n) is 1.26. The molecular formula is C13H13NaO. The second-order valence-corrected chi connectivity index (χ2v) is 3.09. The van der Waals surface area contributed by atoms with E-state index >= 15 is 0 Å². The fraction of sp³-hybridized carbons (Fsp3) is 0.0769. The molecule has 0 aliphatic carbocycles. The molecule has 1 nitrogen and oxygen atoms in total. The first-order valence-electron chi connectivity index (χ1n) is 4.67. The molecule has 0 saturated carbocycles. The molecule has 2 rings (SSSR count). The summed E-state index contributed by atoms with van der Waals surface area (Å²) in [6.07, 6.45) is 0. The first-order valence-corrected chi connectivity index (χ1v) is 4.67. The minimum Gasteiger partial charge on any atom is -0.489 e. The van der Waals surface area contributed by atoms with E-state index in [-0.39, 0.29) is 29.6 Å². The van der Waals surface area contributed by atoms with E-state index in [1.54, 1.807) is 0 Å². The zero-order valence-corrected chi connectivity index (χ0v) is 7.89. The van der Waals surface area contributed by atoms with Gasteiger partial charge in [0.15, 0.2) is 0 Å². The maximum absolute atomic E-state index is 5.59. The molecule has 0 unspecified atom stereocenters. The average Bonchev–Trinajstić information content (AvgIpc) is 2.29. The van der Waals surface area contributed by atoms with Crippen LogP contribution < -0.4 is 4.74 Å². The summed E-state index contributed by atoms with van der Waals surface area (Å²) in [7, 11) is 0. The Balaban J connectivity index is 0.00000112. The van der Waals surface area contributed by atoms with E-state index in [0.29, 0.717) is 6.61 Å². The van der Waals surface area contributed by atoms with E-state index in [1.165, 1.54) is 5.56 Å². The van der Waals surface area contributed by atoms with E-state index in [9.17, 15) is 0 Å². The summed E-state index contributed by atoms with van der Waals surface area (Å²) in [6, 6.07) is 20.0. The van der Waals surface area contributed by atoms with Gasteiger partial charge in [0.05, 0.1) is 0 Å². The van der Waals surface area contributed by atoms with Gasteiger partial charge >= 0.3 is 29.6 Å². The van der Waals surface area contributed by atoms with Gasteiger partial charge < -0.3 is 4.74 Å². The smallest absolute Gasteiger partial charge is 0.119 e. The maximum atomic E-state index is 5.59. The number of benzene rings is 2. The van der Waals surface area contributed by atoms with Crippen molar-refractivity contribution in [1.29, 1.82) is 0 Å². The molecule has 2 heteroatoms. The monoisotopic (exact) mass is 208 g/mol. The normalized spacial score (nSPS) is 9.07. The van der Waals surface area contributed by atoms with Gasteiger partial charge in [0.2, 0.25) is 0 Å². The third-order valence-electron chi connectivity index (χ3n) is 1.99. The van der Waals surface area contributed by atoms with Gasteiger partial charge in [-0.15, -0.1) is 0 Å². The van der Waals surface area contributed by atoms with Crippen LogP contribution in [0, 0.1) is 0 Å². The summed E-state index contributed by atoms with van der Waals surface area (Å²) >= 11 is 0. The Labute approximate surface area is 112 Å². The first kappa shape index (κ1) is 12.3. The summed E-state index contributed by atoms with van der Waals surface area (Å²) < 4.78 is 5.59. The Morgan fingerprint density at radius 1 is 0.733 bits per heavy atom. The van der Waals surface area contributed by atoms with Gasteiger partial charge in [-0.05, 0) is 17.7 Å². The maximum Gasteiger partial charge on any atom is 0.119 e. The van der Waals surface area contributed by atoms with Crippen LogP contribution >= 0.6 is 0 Å². The quantitative estimate of drug-likeness (QED) is 0.704. The van der Waals surface area contributed by atoms with Gasteiger partial charge in [0.25, 0.3) is 0 Å². The van der Waals surface area contributed by atoms with E-state index in [2.05, 4.69) is 12.1 Å². The minimum atomic E-state index is 0. The zero-order chi connectivity index (χ0) is 9.64. The van der Waals surface area contributed by atoms with Gasteiger partial charge in [-0.1, -0.05) is 48.5 Å². The molecule has 0 bridgehead atoms. The van der Waals surface area contributed by atoms with Crippen molar-refractivity contribution in [3.8, 4) is 5.75 Å². The summed E-state index contributed by atoms with van der Waals surface area (Å²) in [6.45, 7) is 0.630. The molecular weight excluding hydrogens is 195 g/mol. The van der Waals surface area contributed by atoms with Crippen LogP contribution in [-0.2, 0) is 6.61 Å². The third kappa shape index (κ3) is 4.08. The van der Waals surface area contributed by atoms with E-state index in [0.717, 1.165) is 5.75 Å². The van der Waals surface area contributed by atoms with Crippen LogP contribution in [0.3, 0.4) is 0 Å². The van der Waals surface area contributed by atoms with E-state index in [1.807, 2.05) is 48.5 Å². The van der Waals surface area contributed by atoms with Gasteiger partial charge in [0, 0.05) is 0 Å². The Bertz CT molecular complexity index is 333. The number of hydrogen-bond donors (Lipinski definition) is 0. The summed E-state index contributed by atoms with van der Waals surface area (Å²) in [4.78, 5) is 0. The number of para-hydroxylation sites is 1. The van der Waals surface area contributed by atoms with Crippen molar-refractivity contribution >= 4 is 29.6 Å². The van der Waals surface area contributed by atoms with Crippen molar-refractivity contribution < 1.29 is 4.74 Å². The van der Waals surface area contributed by atoms with Crippen LogP contribution in [0.15, 0.2) is 60.7 Å². The van der Waals surface area contributed by atoms with Crippen LogP contribution in [0.5, 0.6) is 5.75 Å².